The second-order valence-corrected chi connectivity index (χ2v) is 10.9. The van der Waals surface area contributed by atoms with Crippen molar-refractivity contribution in [1.82, 2.24) is 15.5 Å². The predicted octanol–water partition coefficient (Wildman–Crippen LogP) is 4.54. The lowest BCUT2D eigenvalue weighted by atomic mass is 9.80. The maximum atomic E-state index is 13.3. The summed E-state index contributed by atoms with van der Waals surface area (Å²) in [5, 5.41) is 6.44. The van der Waals surface area contributed by atoms with E-state index in [9.17, 15) is 14.4 Å². The van der Waals surface area contributed by atoms with E-state index in [-0.39, 0.29) is 38.2 Å². The summed E-state index contributed by atoms with van der Waals surface area (Å²) in [6.07, 6.45) is 9.83. The van der Waals surface area contributed by atoms with E-state index in [2.05, 4.69) is 16.7 Å². The number of carbonyl (C=O) groups excluding carboxylic acids is 3. The highest BCUT2D eigenvalue weighted by atomic mass is 16.2. The molecule has 1 saturated heterocycles. The van der Waals surface area contributed by atoms with E-state index in [1.807, 2.05) is 36.9 Å². The van der Waals surface area contributed by atoms with Crippen molar-refractivity contribution in [2.75, 3.05) is 19.6 Å². The summed E-state index contributed by atoms with van der Waals surface area (Å²) in [5.41, 5.74) is 1.71. The minimum atomic E-state index is -0.404. The molecule has 1 heterocycles. The molecule has 6 nitrogen and oxygen atoms in total. The van der Waals surface area contributed by atoms with Crippen molar-refractivity contribution in [2.24, 2.45) is 11.8 Å². The molecule has 1 aliphatic heterocycles. The number of piperidine rings is 1. The quantitative estimate of drug-likeness (QED) is 0.554. The van der Waals surface area contributed by atoms with Crippen LogP contribution in [0.2, 0.25) is 0 Å². The van der Waals surface area contributed by atoms with Gasteiger partial charge in [-0.05, 0) is 62.1 Å². The molecule has 190 valence electrons. The highest BCUT2D eigenvalue weighted by Gasteiger charge is 2.33. The van der Waals surface area contributed by atoms with Gasteiger partial charge in [0.2, 0.25) is 5.91 Å². The van der Waals surface area contributed by atoms with Crippen molar-refractivity contribution in [3.8, 4) is 0 Å². The Morgan fingerprint density at radius 2 is 1.79 bits per heavy atom. The van der Waals surface area contributed by atoms with Gasteiger partial charge in [-0.25, -0.2) is 0 Å². The number of ketones is 1. The number of rotatable bonds is 9. The third-order valence-electron chi connectivity index (χ3n) is 7.80. The zero-order valence-corrected chi connectivity index (χ0v) is 20.9. The van der Waals surface area contributed by atoms with Gasteiger partial charge in [-0.15, -0.1) is 0 Å². The van der Waals surface area contributed by atoms with E-state index in [0.29, 0.717) is 24.7 Å². The molecule has 3 aliphatic rings. The zero-order valence-electron chi connectivity index (χ0n) is 20.9. The van der Waals surface area contributed by atoms with Crippen LogP contribution in [0.3, 0.4) is 0 Å². The summed E-state index contributed by atoms with van der Waals surface area (Å²) in [6, 6.07) is 7.92. The maximum Gasteiger partial charge on any atom is 0.251 e. The fourth-order valence-electron chi connectivity index (χ4n) is 5.51. The SMILES string of the molecule is CC(C)C(=O)[C@H](NC(=O)c1cccc([C@H]2CCCN(C(=O)CNC3CC3)C2)c1)C1CCCCC1.[HH].[HH]. The number of hydrogen-bond acceptors (Lipinski definition) is 4. The average Bonchev–Trinajstić information content (AvgIpc) is 3.70. The molecule has 0 radical (unpaired) electrons. The van der Waals surface area contributed by atoms with Gasteiger partial charge in [-0.3, -0.25) is 14.4 Å². The molecule has 2 atom stereocenters. The van der Waals surface area contributed by atoms with Crippen LogP contribution in [-0.2, 0) is 9.59 Å². The summed E-state index contributed by atoms with van der Waals surface area (Å²) >= 11 is 0. The molecule has 2 saturated carbocycles. The van der Waals surface area contributed by atoms with Gasteiger partial charge in [0.05, 0.1) is 12.6 Å². The fraction of sp³-hybridized carbons (Fsp3) is 0.679. The van der Waals surface area contributed by atoms with E-state index in [4.69, 9.17) is 0 Å². The lowest BCUT2D eigenvalue weighted by Crippen LogP contribution is -2.48. The van der Waals surface area contributed by atoms with Gasteiger partial charge in [0.15, 0.2) is 5.78 Å². The fourth-order valence-corrected chi connectivity index (χ4v) is 5.51. The summed E-state index contributed by atoms with van der Waals surface area (Å²) in [7, 11) is 0. The summed E-state index contributed by atoms with van der Waals surface area (Å²) in [4.78, 5) is 40.8. The lowest BCUT2D eigenvalue weighted by molar-refractivity contribution is -0.131. The van der Waals surface area contributed by atoms with E-state index in [1.165, 1.54) is 19.3 Å². The molecule has 0 spiro atoms. The first-order valence-electron chi connectivity index (χ1n) is 13.4. The van der Waals surface area contributed by atoms with Gasteiger partial charge < -0.3 is 15.5 Å². The molecule has 34 heavy (non-hydrogen) atoms. The summed E-state index contributed by atoms with van der Waals surface area (Å²) < 4.78 is 0. The maximum absolute atomic E-state index is 13.3. The number of amides is 2. The van der Waals surface area contributed by atoms with Crippen LogP contribution in [0.15, 0.2) is 24.3 Å². The van der Waals surface area contributed by atoms with E-state index in [1.54, 1.807) is 0 Å². The van der Waals surface area contributed by atoms with Crippen LogP contribution < -0.4 is 10.6 Å². The Morgan fingerprint density at radius 1 is 1.03 bits per heavy atom. The first-order valence-corrected chi connectivity index (χ1v) is 13.4. The molecule has 3 fully saturated rings. The van der Waals surface area contributed by atoms with Gasteiger partial charge in [-0.1, -0.05) is 45.2 Å². The van der Waals surface area contributed by atoms with Crippen molar-refractivity contribution >= 4 is 17.6 Å². The summed E-state index contributed by atoms with van der Waals surface area (Å²) in [5.74, 6) is 0.518. The van der Waals surface area contributed by atoms with Crippen LogP contribution in [0.4, 0.5) is 0 Å². The van der Waals surface area contributed by atoms with Crippen molar-refractivity contribution in [3.05, 3.63) is 35.4 Å². The van der Waals surface area contributed by atoms with Crippen LogP contribution in [0.5, 0.6) is 0 Å². The Hall–Kier alpha value is -2.21. The van der Waals surface area contributed by atoms with Crippen molar-refractivity contribution in [1.29, 1.82) is 0 Å². The van der Waals surface area contributed by atoms with E-state index in [0.717, 1.165) is 50.6 Å². The zero-order chi connectivity index (χ0) is 24.1. The molecule has 2 amide bonds. The van der Waals surface area contributed by atoms with Gasteiger partial charge in [0, 0.05) is 39.4 Å². The first kappa shape index (κ1) is 24.9. The monoisotopic (exact) mass is 471 g/mol. The summed E-state index contributed by atoms with van der Waals surface area (Å²) in [6.45, 7) is 5.77. The average molecular weight is 472 g/mol. The normalized spacial score (nSPS) is 22.4. The number of carbonyl (C=O) groups is 3. The molecular formula is C28H45N3O3. The number of benzene rings is 1. The van der Waals surface area contributed by atoms with Crippen molar-refractivity contribution in [2.45, 2.75) is 89.6 Å². The van der Waals surface area contributed by atoms with Crippen LogP contribution >= 0.6 is 0 Å². The lowest BCUT2D eigenvalue weighted by Gasteiger charge is -2.33. The van der Waals surface area contributed by atoms with E-state index < -0.39 is 6.04 Å². The molecule has 1 aromatic carbocycles. The number of hydrogen-bond donors (Lipinski definition) is 2. The van der Waals surface area contributed by atoms with Gasteiger partial charge in [0.25, 0.3) is 5.91 Å². The highest BCUT2D eigenvalue weighted by molar-refractivity contribution is 5.98. The molecule has 0 aromatic heterocycles. The van der Waals surface area contributed by atoms with Crippen molar-refractivity contribution < 1.29 is 17.2 Å². The standard InChI is InChI=1S/C28H41N3O3.2H2/c1-19(2)27(33)26(20-8-4-3-5-9-20)30-28(34)22-11-6-10-21(16-22)23-12-7-15-31(18-23)25(32)17-29-24-13-14-24;;/h6,10-11,16,19-20,23-24,26,29H,3-5,7-9,12-15,17-18H2,1-2H3,(H,30,34);2*1H/t23-,26+;;/m0../s1. The molecule has 4 rings (SSSR count). The number of likely N-dealkylation sites (tertiary alicyclic amines) is 1. The van der Waals surface area contributed by atoms with Crippen molar-refractivity contribution in [3.63, 3.8) is 0 Å². The molecular weight excluding hydrogens is 426 g/mol. The van der Waals surface area contributed by atoms with E-state index >= 15 is 0 Å². The molecule has 1 aromatic rings. The third kappa shape index (κ3) is 6.47. The highest BCUT2D eigenvalue weighted by Crippen LogP contribution is 2.30. The Balaban J connectivity index is 0.00000228. The molecule has 0 bridgehead atoms. The van der Waals surface area contributed by atoms with Crippen LogP contribution in [0, 0.1) is 11.8 Å². The van der Waals surface area contributed by atoms with Crippen LogP contribution in [0.1, 0.15) is 96.3 Å². The first-order chi connectivity index (χ1) is 16.4. The Labute approximate surface area is 207 Å². The second kappa shape index (κ2) is 11.5. The molecule has 0 unspecified atom stereocenters. The Morgan fingerprint density at radius 3 is 2.50 bits per heavy atom. The second-order valence-electron chi connectivity index (χ2n) is 10.9. The minimum Gasteiger partial charge on any atom is -0.342 e. The van der Waals surface area contributed by atoms with Gasteiger partial charge in [0.1, 0.15) is 0 Å². The molecule has 2 N–H and O–H groups in total. The Kier molecular flexibility index (Phi) is 8.41. The van der Waals surface area contributed by atoms with Gasteiger partial charge in [-0.2, -0.15) is 0 Å². The van der Waals surface area contributed by atoms with Crippen LogP contribution in [0.25, 0.3) is 0 Å². The third-order valence-corrected chi connectivity index (χ3v) is 7.80. The number of nitrogens with one attached hydrogen (secondary N) is 2. The minimum absolute atomic E-state index is 0. The van der Waals surface area contributed by atoms with Crippen LogP contribution in [-0.4, -0.2) is 54.2 Å². The topological polar surface area (TPSA) is 78.5 Å². The smallest absolute Gasteiger partial charge is 0.251 e. The Bertz CT molecular complexity index is 885. The largest absolute Gasteiger partial charge is 0.342 e. The number of nitrogens with zero attached hydrogens (tertiary/aromatic N) is 1. The van der Waals surface area contributed by atoms with Gasteiger partial charge >= 0.3 is 0 Å². The molecule has 6 heteroatoms. The predicted molar refractivity (Wildman–Crippen MR) is 138 cm³/mol. The number of Topliss-reactive ketones (excluding diaryl/α,β-unsaturated/α-hetero) is 1. The molecule has 2 aliphatic carbocycles.